The normalized spacial score (nSPS) is 20.1. The van der Waals surface area contributed by atoms with Gasteiger partial charge in [-0.05, 0) is 82.3 Å². The molecule has 0 unspecified atom stereocenters. The predicted octanol–water partition coefficient (Wildman–Crippen LogP) is 6.66. The van der Waals surface area contributed by atoms with Crippen molar-refractivity contribution in [3.05, 3.63) is 69.5 Å². The Hall–Kier alpha value is -2.64. The third kappa shape index (κ3) is 5.16. The van der Waals surface area contributed by atoms with Gasteiger partial charge in [-0.25, -0.2) is 9.78 Å². The molecule has 1 saturated carbocycles. The van der Waals surface area contributed by atoms with Gasteiger partial charge in [0.2, 0.25) is 0 Å². The van der Waals surface area contributed by atoms with Gasteiger partial charge >= 0.3 is 6.09 Å². The minimum absolute atomic E-state index is 0.267. The summed E-state index contributed by atoms with van der Waals surface area (Å²) < 4.78 is 7.78. The first-order valence-corrected chi connectivity index (χ1v) is 12.8. The van der Waals surface area contributed by atoms with Crippen molar-refractivity contribution < 1.29 is 9.53 Å². The van der Waals surface area contributed by atoms with Crippen LogP contribution in [-0.2, 0) is 17.8 Å². The highest BCUT2D eigenvalue weighted by molar-refractivity contribution is 6.30. The van der Waals surface area contributed by atoms with E-state index in [1.54, 1.807) is 4.90 Å². The molecule has 1 amide bonds. The van der Waals surface area contributed by atoms with E-state index in [4.69, 9.17) is 27.9 Å². The molecule has 3 aromatic rings. The van der Waals surface area contributed by atoms with E-state index in [9.17, 15) is 4.79 Å². The maximum absolute atomic E-state index is 13.0. The number of aromatic nitrogens is 4. The number of halogens is 2. The van der Waals surface area contributed by atoms with Crippen LogP contribution in [0.15, 0.2) is 36.4 Å². The second-order valence-corrected chi connectivity index (χ2v) is 11.2. The third-order valence-corrected chi connectivity index (χ3v) is 7.08. The van der Waals surface area contributed by atoms with Crippen LogP contribution in [0.4, 0.5) is 4.79 Å². The number of hydrogen-bond acceptors (Lipinski definition) is 5. The molecule has 0 radical (unpaired) electrons. The highest BCUT2D eigenvalue weighted by Gasteiger charge is 2.33. The smallest absolute Gasteiger partial charge is 0.411 e. The van der Waals surface area contributed by atoms with Crippen molar-refractivity contribution in [1.29, 1.82) is 0 Å². The fourth-order valence-corrected chi connectivity index (χ4v) is 5.41. The summed E-state index contributed by atoms with van der Waals surface area (Å²) >= 11 is 12.5. The molecule has 1 aliphatic carbocycles. The van der Waals surface area contributed by atoms with Gasteiger partial charge in [0, 0.05) is 22.6 Å². The van der Waals surface area contributed by atoms with Crippen LogP contribution in [0, 0.1) is 0 Å². The van der Waals surface area contributed by atoms with E-state index in [0.717, 1.165) is 54.3 Å². The van der Waals surface area contributed by atoms with E-state index in [-0.39, 0.29) is 12.0 Å². The lowest BCUT2D eigenvalue weighted by molar-refractivity contribution is 0.0214. The predicted molar refractivity (Wildman–Crippen MR) is 135 cm³/mol. The summed E-state index contributed by atoms with van der Waals surface area (Å²) in [4.78, 5) is 19.2. The summed E-state index contributed by atoms with van der Waals surface area (Å²) in [6.07, 6.45) is 3.61. The molecule has 0 bridgehead atoms. The number of hydrogen-bond donors (Lipinski definition) is 0. The first-order chi connectivity index (χ1) is 16.7. The molecule has 2 aliphatic rings. The standard InChI is InChI=1S/C26H29Cl2N5O2/c1-26(2,3)35-25(34)32-14-18-13-19(27)11-12-21(18)33-23(15-32)30-31-24(33)17-9-7-16(8-10-17)20-5-4-6-22(28)29-20/h4-6,11-13,16-17H,7-10,14-15H2,1-3H3/t16-,17-. The highest BCUT2D eigenvalue weighted by Crippen LogP contribution is 2.41. The Bertz CT molecular complexity index is 1240. The lowest BCUT2D eigenvalue weighted by Crippen LogP contribution is -2.35. The van der Waals surface area contributed by atoms with Gasteiger partial charge < -0.3 is 4.74 Å². The van der Waals surface area contributed by atoms with Gasteiger partial charge in [-0.1, -0.05) is 29.3 Å². The third-order valence-electron chi connectivity index (χ3n) is 6.63. The zero-order valence-corrected chi connectivity index (χ0v) is 21.7. The average molecular weight is 514 g/mol. The zero-order valence-electron chi connectivity index (χ0n) is 20.2. The Balaban J connectivity index is 1.44. The molecule has 0 spiro atoms. The molecule has 3 heterocycles. The van der Waals surface area contributed by atoms with Gasteiger partial charge in [-0.15, -0.1) is 10.2 Å². The molecule has 7 nitrogen and oxygen atoms in total. The molecule has 1 fully saturated rings. The van der Waals surface area contributed by atoms with E-state index in [1.807, 2.05) is 51.1 Å². The van der Waals surface area contributed by atoms with Gasteiger partial charge in [0.05, 0.1) is 18.8 Å². The largest absolute Gasteiger partial charge is 0.444 e. The molecule has 35 heavy (non-hydrogen) atoms. The summed E-state index contributed by atoms with van der Waals surface area (Å²) in [5, 5.41) is 10.3. The molecule has 0 atom stereocenters. The van der Waals surface area contributed by atoms with Crippen LogP contribution in [0.5, 0.6) is 0 Å². The van der Waals surface area contributed by atoms with Crippen LogP contribution in [-0.4, -0.2) is 36.3 Å². The van der Waals surface area contributed by atoms with Crippen molar-refractivity contribution in [2.75, 3.05) is 0 Å². The maximum Gasteiger partial charge on any atom is 0.411 e. The molecule has 0 N–H and O–H groups in total. The SMILES string of the molecule is CC(C)(C)OC(=O)N1Cc2cc(Cl)ccc2-n2c(nnc2[C@H]2CC[C@H](c3cccc(Cl)n3)CC2)C1. The molecule has 184 valence electrons. The zero-order chi connectivity index (χ0) is 24.7. The number of amides is 1. The van der Waals surface area contributed by atoms with E-state index in [2.05, 4.69) is 25.8 Å². The molecule has 0 saturated heterocycles. The van der Waals surface area contributed by atoms with Crippen LogP contribution < -0.4 is 0 Å². The summed E-state index contributed by atoms with van der Waals surface area (Å²) in [6, 6.07) is 11.6. The lowest BCUT2D eigenvalue weighted by Gasteiger charge is -2.28. The molecule has 2 aromatic heterocycles. The minimum Gasteiger partial charge on any atom is -0.444 e. The maximum atomic E-state index is 13.0. The Kier molecular flexibility index (Phi) is 6.49. The molecule has 1 aliphatic heterocycles. The second-order valence-electron chi connectivity index (χ2n) is 10.4. The number of rotatable bonds is 2. The van der Waals surface area contributed by atoms with Crippen LogP contribution in [0.25, 0.3) is 5.69 Å². The van der Waals surface area contributed by atoms with Crippen molar-refractivity contribution in [2.24, 2.45) is 0 Å². The number of benzene rings is 1. The van der Waals surface area contributed by atoms with Gasteiger partial charge in [-0.3, -0.25) is 9.47 Å². The number of ether oxygens (including phenoxy) is 1. The van der Waals surface area contributed by atoms with Gasteiger partial charge in [0.1, 0.15) is 16.6 Å². The first-order valence-electron chi connectivity index (χ1n) is 12.0. The van der Waals surface area contributed by atoms with Gasteiger partial charge in [0.15, 0.2) is 5.82 Å². The van der Waals surface area contributed by atoms with Crippen LogP contribution in [0.2, 0.25) is 10.2 Å². The Morgan fingerprint density at radius 1 is 1.00 bits per heavy atom. The first kappa shape index (κ1) is 24.1. The quantitative estimate of drug-likeness (QED) is 0.358. The summed E-state index contributed by atoms with van der Waals surface area (Å²) in [7, 11) is 0. The fourth-order valence-electron chi connectivity index (χ4n) is 5.05. The van der Waals surface area contributed by atoms with Crippen molar-refractivity contribution in [3.63, 3.8) is 0 Å². The van der Waals surface area contributed by atoms with Crippen LogP contribution in [0.1, 0.15) is 81.2 Å². The molecular weight excluding hydrogens is 485 g/mol. The number of carbonyl (C=O) groups excluding carboxylic acids is 1. The van der Waals surface area contributed by atoms with Crippen LogP contribution in [0.3, 0.4) is 0 Å². The van der Waals surface area contributed by atoms with Crippen molar-refractivity contribution in [1.82, 2.24) is 24.6 Å². The van der Waals surface area contributed by atoms with Crippen molar-refractivity contribution in [3.8, 4) is 5.69 Å². The molecule has 5 rings (SSSR count). The summed E-state index contributed by atoms with van der Waals surface area (Å²) in [5.41, 5.74) is 2.38. The van der Waals surface area contributed by atoms with E-state index < -0.39 is 5.60 Å². The molecular formula is C26H29Cl2N5O2. The van der Waals surface area contributed by atoms with Gasteiger partial charge in [0.25, 0.3) is 0 Å². The Morgan fingerprint density at radius 3 is 2.46 bits per heavy atom. The van der Waals surface area contributed by atoms with Crippen molar-refractivity contribution >= 4 is 29.3 Å². The fraction of sp³-hybridized carbons (Fsp3) is 0.462. The number of nitrogens with zero attached hydrogens (tertiary/aromatic N) is 5. The van der Waals surface area contributed by atoms with E-state index >= 15 is 0 Å². The molecule has 9 heteroatoms. The summed E-state index contributed by atoms with van der Waals surface area (Å²) in [6.45, 7) is 6.30. The topological polar surface area (TPSA) is 73.1 Å². The number of carbonyl (C=O) groups is 1. The Labute approximate surface area is 215 Å². The monoisotopic (exact) mass is 513 g/mol. The second kappa shape index (κ2) is 9.43. The minimum atomic E-state index is -0.587. The van der Waals surface area contributed by atoms with Gasteiger partial charge in [-0.2, -0.15) is 0 Å². The lowest BCUT2D eigenvalue weighted by atomic mass is 9.80. The Morgan fingerprint density at radius 2 is 1.74 bits per heavy atom. The number of fused-ring (bicyclic) bond motifs is 3. The van der Waals surface area contributed by atoms with E-state index in [0.29, 0.717) is 29.2 Å². The summed E-state index contributed by atoms with van der Waals surface area (Å²) in [5.74, 6) is 2.33. The highest BCUT2D eigenvalue weighted by atomic mass is 35.5. The molecule has 1 aromatic carbocycles. The number of pyridine rings is 1. The average Bonchev–Trinajstić information content (AvgIpc) is 3.13. The van der Waals surface area contributed by atoms with E-state index in [1.165, 1.54) is 0 Å². The van der Waals surface area contributed by atoms with Crippen LogP contribution >= 0.6 is 23.2 Å². The van der Waals surface area contributed by atoms with Crippen molar-refractivity contribution in [2.45, 2.75) is 77.0 Å².